The van der Waals surface area contributed by atoms with Gasteiger partial charge in [-0.15, -0.1) is 0 Å². The van der Waals surface area contributed by atoms with Crippen LogP contribution in [0.2, 0.25) is 0 Å². The summed E-state index contributed by atoms with van der Waals surface area (Å²) in [7, 11) is 1.48. The zero-order chi connectivity index (χ0) is 21.8. The Bertz CT molecular complexity index is 1060. The highest BCUT2D eigenvalue weighted by Crippen LogP contribution is 2.65. The fourth-order valence-electron chi connectivity index (χ4n) is 5.55. The number of thiocarbonyl (C=S) groups is 1. The molecular formula is C24H25NO4S2. The van der Waals surface area contributed by atoms with Crippen LogP contribution in [0.15, 0.2) is 42.5 Å². The van der Waals surface area contributed by atoms with E-state index in [9.17, 15) is 4.79 Å². The molecule has 2 aliphatic heterocycles. The summed E-state index contributed by atoms with van der Waals surface area (Å²) >= 11 is 7.79. The number of fused-ring (bicyclic) bond motifs is 4. The summed E-state index contributed by atoms with van der Waals surface area (Å²) in [6, 6.07) is 14.3. The van der Waals surface area contributed by atoms with Crippen LogP contribution in [0.1, 0.15) is 30.5 Å². The number of thioether (sulfide) groups is 1. The van der Waals surface area contributed by atoms with E-state index in [0.717, 1.165) is 38.9 Å². The zero-order valence-electron chi connectivity index (χ0n) is 17.8. The van der Waals surface area contributed by atoms with Crippen LogP contribution < -0.4 is 9.47 Å². The van der Waals surface area contributed by atoms with Gasteiger partial charge in [0.05, 0.1) is 22.9 Å². The number of rotatable bonds is 5. The fraction of sp³-hybridized carbons (Fsp3) is 0.417. The molecule has 1 saturated heterocycles. The summed E-state index contributed by atoms with van der Waals surface area (Å²) in [6.07, 6.45) is 0.561. The van der Waals surface area contributed by atoms with Gasteiger partial charge in [-0.25, -0.2) is 0 Å². The lowest BCUT2D eigenvalue weighted by Crippen LogP contribution is -2.52. The normalized spacial score (nSPS) is 27.9. The highest BCUT2D eigenvalue weighted by Gasteiger charge is 2.73. The number of hydrogen-bond donors (Lipinski definition) is 0. The molecule has 5 rings (SSSR count). The Labute approximate surface area is 192 Å². The first-order valence-electron chi connectivity index (χ1n) is 10.5. The minimum Gasteiger partial charge on any atom is -0.468 e. The summed E-state index contributed by atoms with van der Waals surface area (Å²) in [5, 5.41) is -0.155. The molecule has 5 nitrogen and oxygen atoms in total. The second-order valence-corrected chi connectivity index (χ2v) is 10.1. The van der Waals surface area contributed by atoms with Crippen molar-refractivity contribution < 1.29 is 19.0 Å². The second-order valence-electron chi connectivity index (χ2n) is 8.32. The first-order valence-corrected chi connectivity index (χ1v) is 11.9. The van der Waals surface area contributed by atoms with E-state index < -0.39 is 11.0 Å². The van der Waals surface area contributed by atoms with Crippen LogP contribution in [0.3, 0.4) is 0 Å². The molecule has 2 aromatic carbocycles. The topological polar surface area (TPSA) is 48.0 Å². The Morgan fingerprint density at radius 2 is 1.97 bits per heavy atom. The van der Waals surface area contributed by atoms with E-state index >= 15 is 0 Å². The van der Waals surface area contributed by atoms with Crippen LogP contribution in [0.4, 0.5) is 0 Å². The number of carbonyl (C=O) groups is 1. The van der Waals surface area contributed by atoms with Crippen LogP contribution in [-0.2, 0) is 28.0 Å². The molecule has 0 bridgehead atoms. The average molecular weight is 456 g/mol. The standard InChI is InChI=1S/C24H25NO4S2/c1-4-31-20-21(30)25(13-15-8-6-5-7-9-15)23(2)17-11-19-18(28-14-29-19)10-16(17)12-24(20,23)22(26)27-3/h5-11,20H,4,12-14H2,1-3H3/t20-,23+,24+/m0/s1. The molecule has 0 amide bonds. The summed E-state index contributed by atoms with van der Waals surface area (Å²) < 4.78 is 16.8. The number of methoxy groups -OCH3 is 1. The van der Waals surface area contributed by atoms with Crippen LogP contribution in [0.5, 0.6) is 11.5 Å². The van der Waals surface area contributed by atoms with Gasteiger partial charge in [-0.05, 0) is 47.9 Å². The van der Waals surface area contributed by atoms with Gasteiger partial charge in [0.25, 0.3) is 0 Å². The zero-order valence-corrected chi connectivity index (χ0v) is 19.5. The summed E-state index contributed by atoms with van der Waals surface area (Å²) in [5.74, 6) is 2.10. The molecule has 0 N–H and O–H groups in total. The van der Waals surface area contributed by atoms with Crippen LogP contribution >= 0.6 is 24.0 Å². The smallest absolute Gasteiger partial charge is 0.316 e. The van der Waals surface area contributed by atoms with Gasteiger partial charge in [0.1, 0.15) is 5.41 Å². The minimum absolute atomic E-state index is 0.155. The molecular weight excluding hydrogens is 430 g/mol. The maximum absolute atomic E-state index is 13.6. The van der Waals surface area contributed by atoms with E-state index in [1.807, 2.05) is 30.3 Å². The second kappa shape index (κ2) is 7.41. The molecule has 2 aromatic rings. The van der Waals surface area contributed by atoms with Crippen molar-refractivity contribution in [1.29, 1.82) is 0 Å². The maximum atomic E-state index is 13.6. The van der Waals surface area contributed by atoms with Crippen molar-refractivity contribution in [3.63, 3.8) is 0 Å². The average Bonchev–Trinajstić information content (AvgIpc) is 3.39. The van der Waals surface area contributed by atoms with E-state index in [0.29, 0.717) is 13.0 Å². The number of esters is 1. The third-order valence-corrected chi connectivity index (χ3v) is 8.90. The van der Waals surface area contributed by atoms with Crippen molar-refractivity contribution in [3.8, 4) is 11.5 Å². The molecule has 162 valence electrons. The summed E-state index contributed by atoms with van der Waals surface area (Å²) in [6.45, 7) is 5.10. The van der Waals surface area contributed by atoms with Gasteiger partial charge in [-0.1, -0.05) is 49.5 Å². The van der Waals surface area contributed by atoms with Crippen LogP contribution in [-0.4, -0.2) is 40.8 Å². The predicted octanol–water partition coefficient (Wildman–Crippen LogP) is 4.31. The van der Waals surface area contributed by atoms with Crippen molar-refractivity contribution in [2.75, 3.05) is 19.7 Å². The lowest BCUT2D eigenvalue weighted by atomic mass is 9.71. The van der Waals surface area contributed by atoms with Crippen molar-refractivity contribution in [2.45, 2.75) is 37.6 Å². The van der Waals surface area contributed by atoms with Crippen LogP contribution in [0.25, 0.3) is 0 Å². The molecule has 3 aliphatic rings. The third kappa shape index (κ3) is 2.69. The number of hydrogen-bond acceptors (Lipinski definition) is 6. The Morgan fingerprint density at radius 1 is 1.26 bits per heavy atom. The van der Waals surface area contributed by atoms with Gasteiger partial charge >= 0.3 is 5.97 Å². The van der Waals surface area contributed by atoms with Crippen molar-refractivity contribution in [2.24, 2.45) is 5.41 Å². The predicted molar refractivity (Wildman–Crippen MR) is 125 cm³/mol. The van der Waals surface area contributed by atoms with Gasteiger partial charge in [-0.2, -0.15) is 11.8 Å². The van der Waals surface area contributed by atoms with E-state index in [1.165, 1.54) is 7.11 Å². The maximum Gasteiger partial charge on any atom is 0.316 e. The summed E-state index contributed by atoms with van der Waals surface area (Å²) in [4.78, 5) is 16.6. The van der Waals surface area contributed by atoms with E-state index in [1.54, 1.807) is 11.8 Å². The van der Waals surface area contributed by atoms with Gasteiger partial charge < -0.3 is 19.1 Å². The van der Waals surface area contributed by atoms with Gasteiger partial charge in [0.2, 0.25) is 6.79 Å². The number of benzene rings is 2. The Balaban J connectivity index is 1.73. The number of nitrogens with zero attached hydrogens (tertiary/aromatic N) is 1. The number of carbonyl (C=O) groups excluding carboxylic acids is 1. The van der Waals surface area contributed by atoms with Crippen molar-refractivity contribution in [3.05, 3.63) is 59.2 Å². The summed E-state index contributed by atoms with van der Waals surface area (Å²) in [5.41, 5.74) is 1.85. The number of ether oxygens (including phenoxy) is 3. The Kier molecular flexibility index (Phi) is 4.94. The third-order valence-electron chi connectivity index (χ3n) is 7.01. The molecule has 0 aromatic heterocycles. The quantitative estimate of drug-likeness (QED) is 0.492. The lowest BCUT2D eigenvalue weighted by Gasteiger charge is -2.42. The van der Waals surface area contributed by atoms with Gasteiger partial charge in [-0.3, -0.25) is 4.79 Å². The molecule has 1 aliphatic carbocycles. The minimum atomic E-state index is -0.814. The monoisotopic (exact) mass is 455 g/mol. The largest absolute Gasteiger partial charge is 0.468 e. The van der Waals surface area contributed by atoms with E-state index in [-0.39, 0.29) is 18.0 Å². The molecule has 1 fully saturated rings. The fourth-order valence-corrected chi connectivity index (χ4v) is 7.49. The van der Waals surface area contributed by atoms with Gasteiger partial charge in [0.15, 0.2) is 11.5 Å². The molecule has 3 atom stereocenters. The Morgan fingerprint density at radius 3 is 2.65 bits per heavy atom. The molecule has 31 heavy (non-hydrogen) atoms. The van der Waals surface area contributed by atoms with E-state index in [4.69, 9.17) is 26.4 Å². The van der Waals surface area contributed by atoms with Crippen LogP contribution in [0, 0.1) is 5.41 Å². The Hall–Kier alpha value is -2.25. The lowest BCUT2D eigenvalue weighted by molar-refractivity contribution is -0.157. The van der Waals surface area contributed by atoms with Crippen molar-refractivity contribution >= 4 is 34.9 Å². The molecule has 0 radical (unpaired) electrons. The molecule has 0 spiro atoms. The van der Waals surface area contributed by atoms with Gasteiger partial charge in [0, 0.05) is 6.54 Å². The molecule has 2 heterocycles. The number of likely N-dealkylation sites (tertiary alicyclic amines) is 1. The molecule has 0 unspecified atom stereocenters. The first kappa shape index (κ1) is 20.6. The highest BCUT2D eigenvalue weighted by atomic mass is 32.2. The highest BCUT2D eigenvalue weighted by molar-refractivity contribution is 8.01. The SMILES string of the molecule is CCS[C@H]1C(=S)N(Cc2ccccc2)[C@]2(C)c3cc4c(cc3C[C@]12C(=O)OC)OCO4. The first-order chi connectivity index (χ1) is 15.0. The van der Waals surface area contributed by atoms with Crippen molar-refractivity contribution in [1.82, 2.24) is 4.90 Å². The molecule has 7 heteroatoms. The molecule has 0 saturated carbocycles. The van der Waals surface area contributed by atoms with E-state index in [2.05, 4.69) is 30.9 Å².